The first-order valence-electron chi connectivity index (χ1n) is 15.1. The average Bonchev–Trinajstić information content (AvgIpc) is 3.62. The molecule has 2 aromatic carbocycles. The fraction of sp³-hybridized carbons (Fsp3) is 0.324. The smallest absolute Gasteiger partial charge is 0.328 e. The Morgan fingerprint density at radius 2 is 1.82 bits per heavy atom. The lowest BCUT2D eigenvalue weighted by Crippen LogP contribution is -2.58. The summed E-state index contributed by atoms with van der Waals surface area (Å²) in [6.07, 6.45) is 10.6. The van der Waals surface area contributed by atoms with Gasteiger partial charge < -0.3 is 20.6 Å². The molecule has 10 nitrogen and oxygen atoms in total. The van der Waals surface area contributed by atoms with Gasteiger partial charge in [-0.25, -0.2) is 14.5 Å². The van der Waals surface area contributed by atoms with Gasteiger partial charge in [-0.15, -0.1) is 0 Å². The summed E-state index contributed by atoms with van der Waals surface area (Å²) in [6.45, 7) is 1.03. The van der Waals surface area contributed by atoms with Crippen LogP contribution in [0.5, 0.6) is 0 Å². The van der Waals surface area contributed by atoms with Crippen LogP contribution in [0.2, 0.25) is 0 Å². The summed E-state index contributed by atoms with van der Waals surface area (Å²) < 4.78 is 1.94. The van der Waals surface area contributed by atoms with Gasteiger partial charge >= 0.3 is 5.97 Å². The highest BCUT2D eigenvalue weighted by molar-refractivity contribution is 6.05. The summed E-state index contributed by atoms with van der Waals surface area (Å²) >= 11 is 0. The zero-order chi connectivity index (χ0) is 30.7. The molecule has 2 aromatic heterocycles. The van der Waals surface area contributed by atoms with E-state index in [1.807, 2.05) is 53.0 Å². The fourth-order valence-electron chi connectivity index (χ4n) is 6.40. The number of hydrogen-bond acceptors (Lipinski definition) is 6. The topological polar surface area (TPSA) is 129 Å². The average molecular weight is 593 g/mol. The Hall–Kier alpha value is -4.83. The molecule has 10 heteroatoms. The number of nitrogens with zero attached hydrogens (tertiary/aromatic N) is 4. The van der Waals surface area contributed by atoms with Crippen LogP contribution in [0.1, 0.15) is 66.1 Å². The first-order chi connectivity index (χ1) is 21.3. The molecule has 0 spiro atoms. The lowest BCUT2D eigenvalue weighted by molar-refractivity contribution is -0.131. The molecule has 2 amide bonds. The number of nitrogens with one attached hydrogen (secondary N) is 2. The fourth-order valence-corrected chi connectivity index (χ4v) is 6.40. The minimum Gasteiger partial charge on any atom is -0.478 e. The number of carbonyl (C=O) groups is 3. The maximum atomic E-state index is 13.7. The molecule has 0 unspecified atom stereocenters. The quantitative estimate of drug-likeness (QED) is 0.245. The molecular weight excluding hydrogens is 556 g/mol. The third-order valence-electron chi connectivity index (χ3n) is 8.66. The number of aliphatic carboxylic acids is 1. The second kappa shape index (κ2) is 12.4. The molecule has 2 aliphatic rings. The van der Waals surface area contributed by atoms with Crippen molar-refractivity contribution in [1.29, 1.82) is 0 Å². The number of likely N-dealkylation sites (N-methyl/N-ethyl adjacent to an activating group) is 1. The van der Waals surface area contributed by atoms with Crippen molar-refractivity contribution < 1.29 is 19.5 Å². The molecule has 0 bridgehead atoms. The summed E-state index contributed by atoms with van der Waals surface area (Å²) in [5, 5.41) is 20.8. The SMILES string of the molecule is CN1CC[C@](NC(=O)c2ccc3c(C4CCCCC4)n(-c4ccccn4)nc3c2)(C(=O)Nc2ccc(/C=C/C(=O)O)cc2)C1. The molecule has 1 atom stereocenters. The van der Waals surface area contributed by atoms with Gasteiger partial charge in [0.1, 0.15) is 5.54 Å². The van der Waals surface area contributed by atoms with Crippen molar-refractivity contribution >= 4 is 40.4 Å². The van der Waals surface area contributed by atoms with Crippen LogP contribution in [0.25, 0.3) is 22.8 Å². The minimum atomic E-state index is -1.12. The van der Waals surface area contributed by atoms with Crippen molar-refractivity contribution in [2.75, 3.05) is 25.5 Å². The van der Waals surface area contributed by atoms with Crippen LogP contribution in [-0.2, 0) is 9.59 Å². The predicted octanol–water partition coefficient (Wildman–Crippen LogP) is 5.01. The normalized spacial score (nSPS) is 19.4. The van der Waals surface area contributed by atoms with E-state index in [0.29, 0.717) is 42.2 Å². The van der Waals surface area contributed by atoms with E-state index in [0.717, 1.165) is 41.3 Å². The monoisotopic (exact) mass is 592 g/mol. The van der Waals surface area contributed by atoms with Gasteiger partial charge in [0.2, 0.25) is 0 Å². The lowest BCUT2D eigenvalue weighted by atomic mass is 9.85. The van der Waals surface area contributed by atoms with Crippen molar-refractivity contribution in [3.05, 3.63) is 89.8 Å². The second-order valence-electron chi connectivity index (χ2n) is 11.8. The Labute approximate surface area is 255 Å². The largest absolute Gasteiger partial charge is 0.478 e. The van der Waals surface area contributed by atoms with Gasteiger partial charge in [-0.3, -0.25) is 9.59 Å². The van der Waals surface area contributed by atoms with Gasteiger partial charge in [0.15, 0.2) is 5.82 Å². The Balaban J connectivity index is 1.26. The zero-order valence-corrected chi connectivity index (χ0v) is 24.7. The highest BCUT2D eigenvalue weighted by atomic mass is 16.4. The number of anilines is 1. The number of fused-ring (bicyclic) bond motifs is 1. The second-order valence-corrected chi connectivity index (χ2v) is 11.8. The predicted molar refractivity (Wildman–Crippen MR) is 169 cm³/mol. The van der Waals surface area contributed by atoms with E-state index in [-0.39, 0.29) is 11.8 Å². The van der Waals surface area contributed by atoms with Crippen LogP contribution < -0.4 is 10.6 Å². The van der Waals surface area contributed by atoms with Crippen LogP contribution in [0.3, 0.4) is 0 Å². The molecular formula is C34H36N6O4. The standard InChI is InChI=1S/C34H36N6O4/c1-39-20-18-34(22-39,33(44)36-26-14-10-23(11-15-26)12-17-30(41)42)37-32(43)25-13-16-27-28(21-25)38-40(29-9-5-6-19-35-29)31(27)24-7-3-2-4-8-24/h5-6,9-17,19,21,24H,2-4,7-8,18,20,22H2,1H3,(H,36,44)(H,37,43)(H,41,42)/b17-12+/t34-/m1/s1. The summed E-state index contributed by atoms with van der Waals surface area (Å²) in [7, 11) is 1.92. The van der Waals surface area contributed by atoms with E-state index in [9.17, 15) is 14.4 Å². The highest BCUT2D eigenvalue weighted by Gasteiger charge is 2.45. The van der Waals surface area contributed by atoms with E-state index in [2.05, 4.69) is 15.6 Å². The molecule has 1 aliphatic carbocycles. The van der Waals surface area contributed by atoms with Gasteiger partial charge in [0.25, 0.3) is 11.8 Å². The molecule has 1 saturated heterocycles. The van der Waals surface area contributed by atoms with Gasteiger partial charge in [0, 0.05) is 47.9 Å². The number of carboxylic acid groups (broad SMARTS) is 1. The Kier molecular flexibility index (Phi) is 8.25. The van der Waals surface area contributed by atoms with Crippen LogP contribution >= 0.6 is 0 Å². The minimum absolute atomic E-state index is 0.302. The molecule has 6 rings (SSSR count). The molecule has 3 heterocycles. The van der Waals surface area contributed by atoms with Crippen molar-refractivity contribution in [3.63, 3.8) is 0 Å². The molecule has 0 radical (unpaired) electrons. The van der Waals surface area contributed by atoms with Crippen molar-refractivity contribution in [2.45, 2.75) is 50.0 Å². The van der Waals surface area contributed by atoms with E-state index >= 15 is 0 Å². The van der Waals surface area contributed by atoms with Crippen LogP contribution in [-0.4, -0.2) is 68.2 Å². The molecule has 3 N–H and O–H groups in total. The van der Waals surface area contributed by atoms with Crippen molar-refractivity contribution in [3.8, 4) is 5.82 Å². The summed E-state index contributed by atoms with van der Waals surface area (Å²) in [5.41, 5.74) is 2.44. The van der Waals surface area contributed by atoms with Gasteiger partial charge in [-0.05, 0) is 74.3 Å². The zero-order valence-electron chi connectivity index (χ0n) is 24.7. The van der Waals surface area contributed by atoms with Crippen LogP contribution in [0.4, 0.5) is 5.69 Å². The summed E-state index contributed by atoms with van der Waals surface area (Å²) in [4.78, 5) is 44.8. The van der Waals surface area contributed by atoms with Gasteiger partial charge in [-0.1, -0.05) is 43.5 Å². The molecule has 226 valence electrons. The van der Waals surface area contributed by atoms with Crippen molar-refractivity contribution in [2.24, 2.45) is 0 Å². The van der Waals surface area contributed by atoms with Crippen LogP contribution in [0.15, 0.2) is 72.9 Å². The third kappa shape index (κ3) is 6.12. The number of amides is 2. The molecule has 44 heavy (non-hydrogen) atoms. The Morgan fingerprint density at radius 1 is 1.02 bits per heavy atom. The third-order valence-corrected chi connectivity index (χ3v) is 8.66. The first-order valence-corrected chi connectivity index (χ1v) is 15.1. The van der Waals surface area contributed by atoms with Crippen LogP contribution in [0, 0.1) is 0 Å². The number of aromatic nitrogens is 3. The number of rotatable bonds is 8. The van der Waals surface area contributed by atoms with E-state index < -0.39 is 11.5 Å². The van der Waals surface area contributed by atoms with Gasteiger partial charge in [0.05, 0.1) is 11.2 Å². The van der Waals surface area contributed by atoms with Gasteiger partial charge in [-0.2, -0.15) is 5.10 Å². The number of carbonyl (C=O) groups excluding carboxylic acids is 2. The van der Waals surface area contributed by atoms with E-state index in [1.165, 1.54) is 25.3 Å². The number of hydrogen-bond donors (Lipinski definition) is 3. The first kappa shape index (κ1) is 29.3. The maximum Gasteiger partial charge on any atom is 0.328 e. The number of carboxylic acids is 1. The Morgan fingerprint density at radius 3 is 2.50 bits per heavy atom. The number of pyridine rings is 1. The molecule has 4 aromatic rings. The number of benzene rings is 2. The van der Waals surface area contributed by atoms with E-state index in [4.69, 9.17) is 10.2 Å². The Bertz CT molecular complexity index is 1710. The maximum absolute atomic E-state index is 13.7. The lowest BCUT2D eigenvalue weighted by Gasteiger charge is -2.29. The highest BCUT2D eigenvalue weighted by Crippen LogP contribution is 2.38. The van der Waals surface area contributed by atoms with E-state index in [1.54, 1.807) is 30.5 Å². The molecule has 2 fully saturated rings. The molecule has 1 aliphatic heterocycles. The summed E-state index contributed by atoms with van der Waals surface area (Å²) in [6, 6.07) is 18.3. The summed E-state index contributed by atoms with van der Waals surface area (Å²) in [5.74, 6) is -0.539. The number of likely N-dealkylation sites (tertiary alicyclic amines) is 1. The molecule has 1 saturated carbocycles. The van der Waals surface area contributed by atoms with Crippen molar-refractivity contribution in [1.82, 2.24) is 25.0 Å².